The first kappa shape index (κ1) is 3.58. The van der Waals surface area contributed by atoms with Crippen LogP contribution in [0.5, 0.6) is 0 Å². The Balaban J connectivity index is 3.18. The van der Waals surface area contributed by atoms with Crippen molar-refractivity contribution >= 4 is 16.1 Å². The van der Waals surface area contributed by atoms with E-state index in [0.29, 0.717) is 0 Å². The minimum absolute atomic E-state index is 1.28. The highest BCUT2D eigenvalue weighted by molar-refractivity contribution is 7.38. The standard InChI is InChI=1S/O5P2/c1-2-7-4-3-6(1)5-7. The van der Waals surface area contributed by atoms with Crippen LogP contribution in [0.1, 0.15) is 0 Å². The predicted molar refractivity (Wildman–Crippen MR) is 19.2 cm³/mol. The average Bonchev–Trinajstić information content (AvgIpc) is 2.22. The molecule has 0 aliphatic heterocycles. The fourth-order valence-electron chi connectivity index (χ4n) is 0.243. The van der Waals surface area contributed by atoms with Crippen molar-refractivity contribution in [2.24, 2.45) is 0 Å². The summed E-state index contributed by atoms with van der Waals surface area (Å²) < 4.78 is 22.2. The van der Waals surface area contributed by atoms with Gasteiger partial charge < -0.3 is 3.98 Å². The largest absolute Gasteiger partial charge is 0.536 e. The quantitative estimate of drug-likeness (QED) is 0.528. The van der Waals surface area contributed by atoms with Crippen molar-refractivity contribution in [3.05, 3.63) is 0 Å². The van der Waals surface area contributed by atoms with Crippen LogP contribution in [0, 0.1) is 0 Å². The molecule has 0 spiro atoms. The molecule has 0 unspecified atom stereocenters. The van der Waals surface area contributed by atoms with Gasteiger partial charge in [-0.1, -0.05) is 0 Å². The molecular weight excluding hydrogens is 142 g/mol. The van der Waals surface area contributed by atoms with Crippen LogP contribution < -0.4 is 0 Å². The molecule has 2 rings (SSSR count). The highest BCUT2D eigenvalue weighted by atomic mass is 31.2. The first-order valence-electron chi connectivity index (χ1n) is 1.43. The third-order valence-corrected chi connectivity index (χ3v) is 2.53. The van der Waals surface area contributed by atoms with Gasteiger partial charge in [-0.3, -0.25) is 0 Å². The van der Waals surface area contributed by atoms with Crippen LogP contribution in [0.4, 0.5) is 0 Å². The molecule has 0 saturated heterocycles. The Morgan fingerprint density at radius 3 is 1.29 bits per heavy atom. The molecule has 0 saturated carbocycles. The van der Waals surface area contributed by atoms with Crippen LogP contribution in [0.25, 0.3) is 0 Å². The molecule has 0 fully saturated rings. The van der Waals surface area contributed by atoms with E-state index in [2.05, 4.69) is 17.4 Å². The maximum atomic E-state index is 4.71. The van der Waals surface area contributed by atoms with Crippen LogP contribution in [0.15, 0.2) is 21.4 Å². The number of hydrogen-bond acceptors (Lipinski definition) is 5. The minimum Gasteiger partial charge on any atom is -0.309 e. The van der Waals surface area contributed by atoms with E-state index in [4.69, 9.17) is 3.98 Å². The molecule has 0 amide bonds. The summed E-state index contributed by atoms with van der Waals surface area (Å²) in [6.45, 7) is 0. The predicted octanol–water partition coefficient (Wildman–Crippen LogP) is 2.50. The van der Waals surface area contributed by atoms with Gasteiger partial charge in [-0.05, 0) is 0 Å². The molecular formula is O5P2. The summed E-state index contributed by atoms with van der Waals surface area (Å²) in [6, 6.07) is 0. The molecule has 0 radical (unpaired) electrons. The van der Waals surface area contributed by atoms with Gasteiger partial charge in [-0.2, -0.15) is 17.4 Å². The summed E-state index contributed by atoms with van der Waals surface area (Å²) in [5.41, 5.74) is 0. The zero-order chi connectivity index (χ0) is 4.69. The summed E-state index contributed by atoms with van der Waals surface area (Å²) in [5, 5.41) is 0. The van der Waals surface area contributed by atoms with E-state index in [1.165, 1.54) is 0 Å². The zero-order valence-corrected chi connectivity index (χ0v) is 4.72. The summed E-state index contributed by atoms with van der Waals surface area (Å²) in [6.07, 6.45) is 0. The monoisotopic (exact) mass is 142 g/mol. The van der Waals surface area contributed by atoms with Gasteiger partial charge in [0.05, 0.1) is 0 Å². The van der Waals surface area contributed by atoms with Crippen molar-refractivity contribution in [2.75, 3.05) is 0 Å². The van der Waals surface area contributed by atoms with Crippen molar-refractivity contribution in [2.45, 2.75) is 0 Å². The molecule has 2 aromatic rings. The Morgan fingerprint density at radius 1 is 0.714 bits per heavy atom. The Morgan fingerprint density at radius 2 is 1.14 bits per heavy atom. The van der Waals surface area contributed by atoms with Crippen LogP contribution in [0.2, 0.25) is 0 Å². The number of hydrogen-bond donors (Lipinski definition) is 0. The third-order valence-electron chi connectivity index (χ3n) is 0.443. The fourth-order valence-corrected chi connectivity index (χ4v) is 2.03. The first-order chi connectivity index (χ1) is 3.45. The van der Waals surface area contributed by atoms with E-state index in [1.807, 2.05) is 0 Å². The van der Waals surface area contributed by atoms with Gasteiger partial charge in [-0.15, -0.1) is 0 Å². The van der Waals surface area contributed by atoms with Crippen molar-refractivity contribution in [3.63, 3.8) is 0 Å². The maximum Gasteiger partial charge on any atom is 0.536 e. The van der Waals surface area contributed by atoms with Crippen LogP contribution in [0.3, 0.4) is 0 Å². The Labute approximate surface area is 38.6 Å². The van der Waals surface area contributed by atoms with Gasteiger partial charge >= 0.3 is 16.1 Å². The van der Waals surface area contributed by atoms with E-state index >= 15 is 0 Å². The molecule has 2 aromatic heterocycles. The van der Waals surface area contributed by atoms with E-state index in [1.54, 1.807) is 0 Å². The minimum atomic E-state index is -1.28. The van der Waals surface area contributed by atoms with Crippen molar-refractivity contribution in [1.82, 2.24) is 0 Å². The second kappa shape index (κ2) is 1.05. The van der Waals surface area contributed by atoms with Gasteiger partial charge in [0.2, 0.25) is 0 Å². The Hall–Kier alpha value is -0.400. The lowest BCUT2D eigenvalue weighted by molar-refractivity contribution is 0.0693. The summed E-state index contributed by atoms with van der Waals surface area (Å²) in [5.74, 6) is 0. The van der Waals surface area contributed by atoms with Crippen LogP contribution >= 0.6 is 16.1 Å². The smallest absolute Gasteiger partial charge is 0.309 e. The summed E-state index contributed by atoms with van der Waals surface area (Å²) in [7, 11) is -2.57. The van der Waals surface area contributed by atoms with Crippen molar-refractivity contribution in [3.8, 4) is 0 Å². The molecule has 7 heavy (non-hydrogen) atoms. The molecule has 0 N–H and O–H groups in total. The lowest BCUT2D eigenvalue weighted by atomic mass is 15.1. The SMILES string of the molecule is o1op2oop1o2. The molecule has 40 valence electrons. The Kier molecular flexibility index (Phi) is 0.540. The molecule has 7 heteroatoms. The molecule has 5 nitrogen and oxygen atoms in total. The molecule has 2 bridgehead atoms. The topological polar surface area (TPSA) is 65.7 Å². The van der Waals surface area contributed by atoms with Crippen LogP contribution in [-0.4, -0.2) is 0 Å². The van der Waals surface area contributed by atoms with Gasteiger partial charge in [0.1, 0.15) is 0 Å². The zero-order valence-electron chi connectivity index (χ0n) is 2.94. The van der Waals surface area contributed by atoms with Crippen LogP contribution in [-0.2, 0) is 0 Å². The number of rotatable bonds is 0. The van der Waals surface area contributed by atoms with Crippen molar-refractivity contribution < 1.29 is 21.4 Å². The second-order valence-electron chi connectivity index (χ2n) is 0.827. The third kappa shape index (κ3) is 0.392. The van der Waals surface area contributed by atoms with Crippen molar-refractivity contribution in [1.29, 1.82) is 0 Å². The van der Waals surface area contributed by atoms with E-state index < -0.39 is 16.1 Å². The molecule has 0 aliphatic rings. The van der Waals surface area contributed by atoms with Gasteiger partial charge in [0.15, 0.2) is 0 Å². The summed E-state index contributed by atoms with van der Waals surface area (Å²) >= 11 is 0. The normalized spacial score (nSPS) is 16.0. The fraction of sp³-hybridized carbons (Fsp3) is 0. The lowest BCUT2D eigenvalue weighted by Gasteiger charge is -1.62. The van der Waals surface area contributed by atoms with Gasteiger partial charge in [-0.25, -0.2) is 0 Å². The molecule has 2 heterocycles. The Bertz CT molecular complexity index is 202. The van der Waals surface area contributed by atoms with E-state index in [-0.39, 0.29) is 0 Å². The first-order valence-corrected chi connectivity index (χ1v) is 3.62. The summed E-state index contributed by atoms with van der Waals surface area (Å²) in [4.78, 5) is 0. The molecule has 0 atom stereocenters. The molecule has 0 aromatic carbocycles. The highest BCUT2D eigenvalue weighted by Crippen LogP contribution is 2.40. The van der Waals surface area contributed by atoms with E-state index in [0.717, 1.165) is 0 Å². The van der Waals surface area contributed by atoms with Gasteiger partial charge in [0, 0.05) is 0 Å². The average molecular weight is 142 g/mol. The maximum absolute atomic E-state index is 4.71. The van der Waals surface area contributed by atoms with E-state index in [9.17, 15) is 0 Å². The molecule has 0 aliphatic carbocycles. The van der Waals surface area contributed by atoms with Gasteiger partial charge in [0.25, 0.3) is 0 Å². The second-order valence-corrected chi connectivity index (χ2v) is 2.97. The lowest BCUT2D eigenvalue weighted by Crippen LogP contribution is -1.28. The highest BCUT2D eigenvalue weighted by Gasteiger charge is 2.05. The number of fused-ring (bicyclic) bond motifs is 2.